The summed E-state index contributed by atoms with van der Waals surface area (Å²) in [7, 11) is -2.65. The molecule has 5 N–H and O–H groups in total. The number of nitrogens with two attached hydrogens (primary N) is 1. The van der Waals surface area contributed by atoms with E-state index in [9.17, 15) is 23.1 Å². The third kappa shape index (κ3) is 9.54. The predicted octanol–water partition coefficient (Wildman–Crippen LogP) is 4.90. The number of nitrogens with one attached hydrogen (secondary N) is 2. The second-order valence-corrected chi connectivity index (χ2v) is 13.9. The molecular formula is C35H48N4O6S. The molecule has 0 spiro atoms. The highest BCUT2D eigenvalue weighted by molar-refractivity contribution is 7.89. The molecule has 0 fully saturated rings. The molecule has 0 unspecified atom stereocenters. The minimum absolute atomic E-state index is 0.0296. The summed E-state index contributed by atoms with van der Waals surface area (Å²) in [5.41, 5.74) is 7.93. The van der Waals surface area contributed by atoms with E-state index in [1.165, 1.54) is 35.7 Å². The lowest BCUT2D eigenvalue weighted by atomic mass is 9.84. The summed E-state index contributed by atoms with van der Waals surface area (Å²) in [6.07, 6.45) is 0.716. The van der Waals surface area contributed by atoms with E-state index in [0.29, 0.717) is 24.9 Å². The molecule has 0 saturated heterocycles. The molecule has 3 aromatic carbocycles. The summed E-state index contributed by atoms with van der Waals surface area (Å²) in [6.45, 7) is 7.19. The number of hydrogen-bond acceptors (Lipinski definition) is 7. The summed E-state index contributed by atoms with van der Waals surface area (Å²) >= 11 is 0. The van der Waals surface area contributed by atoms with Crippen LogP contribution in [0.25, 0.3) is 0 Å². The van der Waals surface area contributed by atoms with Crippen molar-refractivity contribution in [1.29, 1.82) is 0 Å². The molecule has 0 bridgehead atoms. The van der Waals surface area contributed by atoms with Gasteiger partial charge in [-0.2, -0.15) is 4.31 Å². The zero-order valence-electron chi connectivity index (χ0n) is 27.3. The van der Waals surface area contributed by atoms with E-state index in [2.05, 4.69) is 10.6 Å². The smallest absolute Gasteiger partial charge is 0.407 e. The van der Waals surface area contributed by atoms with Crippen molar-refractivity contribution in [3.63, 3.8) is 0 Å². The fourth-order valence-corrected chi connectivity index (χ4v) is 7.60. The van der Waals surface area contributed by atoms with E-state index in [4.69, 9.17) is 10.5 Å². The Morgan fingerprint density at radius 2 is 1.39 bits per heavy atom. The number of anilines is 1. The average Bonchev–Trinajstić information content (AvgIpc) is 3.04. The number of sulfonamides is 1. The Morgan fingerprint density at radius 3 is 1.85 bits per heavy atom. The van der Waals surface area contributed by atoms with Crippen LogP contribution < -0.4 is 16.4 Å². The van der Waals surface area contributed by atoms with Crippen LogP contribution in [0.4, 0.5) is 10.5 Å². The molecule has 0 aliphatic heterocycles. The van der Waals surface area contributed by atoms with E-state index in [1.807, 2.05) is 74.5 Å². The van der Waals surface area contributed by atoms with E-state index >= 15 is 0 Å². The average molecular weight is 653 g/mol. The normalized spacial score (nSPS) is 13.9. The maximum Gasteiger partial charge on any atom is 0.407 e. The molecule has 0 saturated carbocycles. The number of amides is 2. The number of nitrogens with zero attached hydrogens (tertiary/aromatic N) is 1. The van der Waals surface area contributed by atoms with Gasteiger partial charge in [-0.25, -0.2) is 13.2 Å². The molecule has 0 radical (unpaired) electrons. The lowest BCUT2D eigenvalue weighted by Crippen LogP contribution is -2.53. The van der Waals surface area contributed by atoms with Crippen LogP contribution in [0.2, 0.25) is 0 Å². The highest BCUT2D eigenvalue weighted by Gasteiger charge is 2.36. The molecule has 3 aromatic rings. The molecule has 3 rings (SSSR count). The minimum atomic E-state index is -3.91. The Bertz CT molecular complexity index is 1440. The fraction of sp³-hybridized carbons (Fsp3) is 0.429. The van der Waals surface area contributed by atoms with Gasteiger partial charge >= 0.3 is 6.09 Å². The first-order valence-electron chi connectivity index (χ1n) is 15.6. The van der Waals surface area contributed by atoms with Crippen LogP contribution in [0.1, 0.15) is 64.0 Å². The third-order valence-corrected chi connectivity index (χ3v) is 10.3. The molecule has 0 aliphatic rings. The van der Waals surface area contributed by atoms with Gasteiger partial charge in [-0.3, -0.25) is 4.79 Å². The maximum atomic E-state index is 14.0. The molecule has 0 aliphatic carbocycles. The van der Waals surface area contributed by atoms with Crippen molar-refractivity contribution in [1.82, 2.24) is 14.9 Å². The summed E-state index contributed by atoms with van der Waals surface area (Å²) in [4.78, 5) is 26.7. The molecule has 2 amide bonds. The number of carbonyl (C=O) groups excluding carboxylic acids is 2. The molecule has 11 heteroatoms. The Kier molecular flexibility index (Phi) is 13.6. The number of benzene rings is 3. The number of rotatable bonds is 16. The first-order chi connectivity index (χ1) is 21.9. The number of nitrogen functional groups attached to an aromatic ring is 1. The van der Waals surface area contributed by atoms with Gasteiger partial charge in [-0.1, -0.05) is 74.5 Å². The number of hydrogen-bond donors (Lipinski definition) is 4. The largest absolute Gasteiger partial charge is 0.453 e. The first-order valence-corrected chi connectivity index (χ1v) is 17.1. The number of carbonyl (C=O) groups is 2. The first kappa shape index (κ1) is 36.5. The number of aliphatic hydroxyl groups is 1. The molecular weight excluding hydrogens is 604 g/mol. The van der Waals surface area contributed by atoms with Gasteiger partial charge in [-0.15, -0.1) is 0 Å². The quantitative estimate of drug-likeness (QED) is 0.161. The Labute approximate surface area is 273 Å². The van der Waals surface area contributed by atoms with Gasteiger partial charge in [0.1, 0.15) is 6.04 Å². The monoisotopic (exact) mass is 652 g/mol. The van der Waals surface area contributed by atoms with Gasteiger partial charge < -0.3 is 26.2 Å². The minimum Gasteiger partial charge on any atom is -0.453 e. The van der Waals surface area contributed by atoms with Crippen molar-refractivity contribution in [3.8, 4) is 0 Å². The zero-order valence-corrected chi connectivity index (χ0v) is 28.1. The molecule has 46 heavy (non-hydrogen) atoms. The Balaban J connectivity index is 1.82. The van der Waals surface area contributed by atoms with Crippen molar-refractivity contribution >= 4 is 27.7 Å². The van der Waals surface area contributed by atoms with Gasteiger partial charge in [0.15, 0.2) is 0 Å². The van der Waals surface area contributed by atoms with Crippen LogP contribution in [-0.4, -0.2) is 67.7 Å². The highest BCUT2D eigenvalue weighted by Crippen LogP contribution is 2.29. The van der Waals surface area contributed by atoms with E-state index in [1.54, 1.807) is 13.8 Å². The summed E-state index contributed by atoms with van der Waals surface area (Å²) < 4.78 is 33.4. The van der Waals surface area contributed by atoms with Crippen molar-refractivity contribution in [3.05, 3.63) is 96.1 Å². The van der Waals surface area contributed by atoms with Crippen LogP contribution in [0.3, 0.4) is 0 Å². The second-order valence-electron chi connectivity index (χ2n) is 12.0. The third-order valence-electron chi connectivity index (χ3n) is 8.11. The number of aliphatic hydroxyl groups excluding tert-OH is 1. The van der Waals surface area contributed by atoms with E-state index in [0.717, 1.165) is 11.1 Å². The highest BCUT2D eigenvalue weighted by atomic mass is 32.2. The molecule has 3 atom stereocenters. The van der Waals surface area contributed by atoms with Crippen molar-refractivity contribution < 1.29 is 27.9 Å². The van der Waals surface area contributed by atoms with Crippen LogP contribution in [-0.2, 0) is 19.6 Å². The Morgan fingerprint density at radius 1 is 0.848 bits per heavy atom. The van der Waals surface area contributed by atoms with Gasteiger partial charge in [0, 0.05) is 29.7 Å². The number of methoxy groups -OCH3 is 1. The lowest BCUT2D eigenvalue weighted by Gasteiger charge is -2.34. The van der Waals surface area contributed by atoms with Gasteiger partial charge in [0.25, 0.3) is 0 Å². The van der Waals surface area contributed by atoms with Crippen LogP contribution in [0, 0.1) is 5.92 Å². The standard InChI is InChI=1S/C35H48N4O6S/c1-24(2)31(18-12-17-29(23-40)39(25(3)4)46(43,44)30-21-19-28(36)20-22-30)37-34(41)33(38-35(42)45-5)32(26-13-8-6-9-14-26)27-15-10-7-11-16-27/h6-11,13-16,19-22,24-25,29,31-33,40H,12,17-18,23,36H2,1-5H3,(H,37,41)(H,38,42)/t29-,31+,33-/m0/s1. The van der Waals surface area contributed by atoms with Gasteiger partial charge in [0.2, 0.25) is 15.9 Å². The lowest BCUT2D eigenvalue weighted by molar-refractivity contribution is -0.124. The maximum absolute atomic E-state index is 14.0. The fourth-order valence-electron chi connectivity index (χ4n) is 5.76. The van der Waals surface area contributed by atoms with Gasteiger partial charge in [0.05, 0.1) is 18.6 Å². The Hall–Kier alpha value is -3.93. The summed E-state index contributed by atoms with van der Waals surface area (Å²) in [5, 5.41) is 16.3. The number of alkyl carbamates (subject to hydrolysis) is 1. The number of ether oxygens (including phenoxy) is 1. The molecule has 10 nitrogen and oxygen atoms in total. The van der Waals surface area contributed by atoms with Crippen molar-refractivity contribution in [2.75, 3.05) is 19.5 Å². The van der Waals surface area contributed by atoms with Crippen LogP contribution >= 0.6 is 0 Å². The molecule has 250 valence electrons. The summed E-state index contributed by atoms with van der Waals surface area (Å²) in [6, 6.07) is 22.7. The second kappa shape index (κ2) is 17.1. The van der Waals surface area contributed by atoms with Crippen molar-refractivity contribution in [2.45, 2.75) is 81.9 Å². The van der Waals surface area contributed by atoms with Crippen LogP contribution in [0.15, 0.2) is 89.8 Å². The zero-order chi connectivity index (χ0) is 33.9. The molecule has 0 aromatic heterocycles. The molecule has 0 heterocycles. The van der Waals surface area contributed by atoms with E-state index < -0.39 is 40.2 Å². The van der Waals surface area contributed by atoms with Crippen molar-refractivity contribution in [2.24, 2.45) is 5.92 Å². The van der Waals surface area contributed by atoms with Gasteiger partial charge in [-0.05, 0) is 74.4 Å². The topological polar surface area (TPSA) is 151 Å². The summed E-state index contributed by atoms with van der Waals surface area (Å²) in [5.74, 6) is -0.830. The SMILES string of the molecule is COC(=O)N[C@H](C(=O)N[C@H](CCC[C@@H](CO)N(C(C)C)S(=O)(=O)c1ccc(N)cc1)C(C)C)C(c1ccccc1)c1ccccc1. The predicted molar refractivity (Wildman–Crippen MR) is 181 cm³/mol. The van der Waals surface area contributed by atoms with E-state index in [-0.39, 0.29) is 29.4 Å². The van der Waals surface area contributed by atoms with Crippen LogP contribution in [0.5, 0.6) is 0 Å².